The first kappa shape index (κ1) is 25.5. The fourth-order valence-electron chi connectivity index (χ4n) is 5.34. The number of anilines is 2. The molecule has 3 fully saturated rings. The van der Waals surface area contributed by atoms with Crippen LogP contribution in [-0.4, -0.2) is 46.8 Å². The van der Waals surface area contributed by atoms with Crippen LogP contribution in [0, 0.1) is 11.7 Å². The molecule has 3 aliphatic rings. The zero-order valence-corrected chi connectivity index (χ0v) is 22.3. The number of nitrogens with one attached hydrogen (secondary N) is 3. The normalized spacial score (nSPS) is 22.8. The van der Waals surface area contributed by atoms with Crippen LogP contribution in [0.15, 0.2) is 59.3 Å². The highest BCUT2D eigenvalue weighted by Crippen LogP contribution is 2.32. The van der Waals surface area contributed by atoms with Crippen LogP contribution in [0.2, 0.25) is 0 Å². The first-order chi connectivity index (χ1) is 18.7. The second-order valence-electron chi connectivity index (χ2n) is 10.8. The summed E-state index contributed by atoms with van der Waals surface area (Å²) in [5.41, 5.74) is 2.90. The van der Waals surface area contributed by atoms with Crippen molar-refractivity contribution in [2.45, 2.75) is 61.9 Å². The first-order valence-corrected chi connectivity index (χ1v) is 15.0. The lowest BCUT2D eigenvalue weighted by atomic mass is 9.87. The van der Waals surface area contributed by atoms with Crippen molar-refractivity contribution >= 4 is 39.1 Å². The molecule has 3 N–H and O–H groups in total. The monoisotopic (exact) mass is 550 g/mol. The van der Waals surface area contributed by atoms with Gasteiger partial charge in [-0.25, -0.2) is 17.8 Å². The molecule has 0 bridgehead atoms. The Labute approximate surface area is 226 Å². The summed E-state index contributed by atoms with van der Waals surface area (Å²) in [6.07, 6.45) is 9.30. The third-order valence-corrected chi connectivity index (χ3v) is 9.48. The second kappa shape index (κ2) is 10.1. The maximum Gasteiger partial charge on any atom is 0.228 e. The van der Waals surface area contributed by atoms with E-state index in [-0.39, 0.29) is 34.9 Å². The molecule has 1 saturated heterocycles. The third kappa shape index (κ3) is 5.68. The molecule has 39 heavy (non-hydrogen) atoms. The van der Waals surface area contributed by atoms with Crippen molar-refractivity contribution in [3.8, 4) is 0 Å². The number of hydrogen-bond donors (Lipinski definition) is 3. The van der Waals surface area contributed by atoms with E-state index in [2.05, 4.69) is 27.6 Å². The highest BCUT2D eigenvalue weighted by molar-refractivity contribution is 7.91. The maximum atomic E-state index is 13.6. The van der Waals surface area contributed by atoms with Crippen LogP contribution in [0.5, 0.6) is 0 Å². The van der Waals surface area contributed by atoms with Crippen molar-refractivity contribution in [1.82, 2.24) is 19.9 Å². The molecule has 3 heterocycles. The van der Waals surface area contributed by atoms with E-state index in [0.29, 0.717) is 17.4 Å². The van der Waals surface area contributed by atoms with Crippen LogP contribution in [-0.2, 0) is 14.6 Å². The van der Waals surface area contributed by atoms with E-state index in [1.807, 2.05) is 12.1 Å². The molecule has 0 spiro atoms. The zero-order chi connectivity index (χ0) is 27.1. The maximum absolute atomic E-state index is 13.6. The van der Waals surface area contributed by atoms with Gasteiger partial charge in [-0.3, -0.25) is 4.79 Å². The Hall–Kier alpha value is -3.73. The lowest BCUT2D eigenvalue weighted by Gasteiger charge is -2.29. The number of nitrogens with zero attached hydrogens (tertiary/aromatic N) is 3. The molecule has 2 aliphatic carbocycles. The summed E-state index contributed by atoms with van der Waals surface area (Å²) in [5.74, 6) is 1.01. The van der Waals surface area contributed by atoms with E-state index in [9.17, 15) is 17.6 Å². The van der Waals surface area contributed by atoms with Gasteiger partial charge in [-0.15, -0.1) is 0 Å². The van der Waals surface area contributed by atoms with E-state index in [4.69, 9.17) is 4.98 Å². The largest absolute Gasteiger partial charge is 0.367 e. The lowest BCUT2D eigenvalue weighted by molar-refractivity contribution is -0.118. The van der Waals surface area contributed by atoms with Gasteiger partial charge in [-0.05, 0) is 74.3 Å². The number of allylic oxidation sites excluding steroid dienone is 1. The Balaban J connectivity index is 1.17. The summed E-state index contributed by atoms with van der Waals surface area (Å²) < 4.78 is 41.0. The minimum absolute atomic E-state index is 0.0271. The molecule has 6 rings (SSSR count). The highest BCUT2D eigenvalue weighted by atomic mass is 32.2. The third-order valence-electron chi connectivity index (χ3n) is 7.60. The average Bonchev–Trinajstić information content (AvgIpc) is 3.53. The van der Waals surface area contributed by atoms with Gasteiger partial charge < -0.3 is 16.0 Å². The van der Waals surface area contributed by atoms with Gasteiger partial charge in [0, 0.05) is 29.4 Å². The number of carbonyl (C=O) groups excluding carboxylic acids is 1. The van der Waals surface area contributed by atoms with Crippen molar-refractivity contribution in [1.29, 1.82) is 0 Å². The van der Waals surface area contributed by atoms with E-state index in [1.54, 1.807) is 10.7 Å². The zero-order valence-electron chi connectivity index (χ0n) is 21.5. The molecule has 0 radical (unpaired) electrons. The molecule has 3 aromatic rings. The summed E-state index contributed by atoms with van der Waals surface area (Å²) >= 11 is 0. The lowest BCUT2D eigenvalue weighted by Crippen LogP contribution is -2.29. The van der Waals surface area contributed by atoms with E-state index in [1.165, 1.54) is 18.2 Å². The molecule has 2 saturated carbocycles. The van der Waals surface area contributed by atoms with Gasteiger partial charge in [0.1, 0.15) is 17.5 Å². The van der Waals surface area contributed by atoms with Crippen molar-refractivity contribution in [3.63, 3.8) is 0 Å². The fraction of sp³-hybridized carbons (Fsp3) is 0.393. The van der Waals surface area contributed by atoms with Crippen molar-refractivity contribution in [2.24, 2.45) is 5.92 Å². The molecule has 9 nitrogen and oxygen atoms in total. The van der Waals surface area contributed by atoms with Gasteiger partial charge in [0.15, 0.2) is 15.5 Å². The highest BCUT2D eigenvalue weighted by Gasteiger charge is 2.28. The summed E-state index contributed by atoms with van der Waals surface area (Å²) in [6.45, 7) is 3.93. The van der Waals surface area contributed by atoms with Gasteiger partial charge >= 0.3 is 0 Å². The van der Waals surface area contributed by atoms with Crippen molar-refractivity contribution in [3.05, 3.63) is 65.8 Å². The molecular weight excluding hydrogens is 519 g/mol. The quantitative estimate of drug-likeness (QED) is 0.383. The number of rotatable bonds is 8. The van der Waals surface area contributed by atoms with Crippen LogP contribution in [0.4, 0.5) is 16.0 Å². The summed E-state index contributed by atoms with van der Waals surface area (Å²) in [4.78, 5) is 16.7. The number of hydrogen-bond acceptors (Lipinski definition) is 7. The van der Waals surface area contributed by atoms with Crippen LogP contribution in [0.1, 0.15) is 50.5 Å². The smallest absolute Gasteiger partial charge is 0.228 e. The minimum Gasteiger partial charge on any atom is -0.367 e. The molecule has 0 unspecified atom stereocenters. The number of amides is 1. The average molecular weight is 551 g/mol. The SMILES string of the molecule is C=C1NC(=O)C/C1=C\c1cnn2c(NC3CC3)cc(NC3CCC(CS(=O)(=O)c4cccc(F)c4)CC3)nc12. The second-order valence-corrected chi connectivity index (χ2v) is 12.8. The van der Waals surface area contributed by atoms with Crippen molar-refractivity contribution in [2.75, 3.05) is 16.4 Å². The number of carbonyl (C=O) groups is 1. The standard InChI is InChI=1S/C28H31FN6O3S/c1-17-19(12-27(36)31-17)11-20-15-30-35-26(33-23-9-10-23)14-25(34-28(20)35)32-22-7-5-18(6-8-22)16-39(37,38)24-4-2-3-21(29)13-24/h2-4,11,13-15,18,22-23,33H,1,5-10,12,16H2,(H,31,36)(H,32,34)/b19-11+. The predicted octanol–water partition coefficient (Wildman–Crippen LogP) is 4.30. The number of sulfone groups is 1. The Morgan fingerprint density at radius 3 is 2.54 bits per heavy atom. The minimum atomic E-state index is -3.54. The van der Waals surface area contributed by atoms with Gasteiger partial charge in [0.05, 0.1) is 23.3 Å². The van der Waals surface area contributed by atoms with Crippen LogP contribution >= 0.6 is 0 Å². The van der Waals surface area contributed by atoms with Crippen LogP contribution in [0.25, 0.3) is 11.7 Å². The van der Waals surface area contributed by atoms with E-state index < -0.39 is 15.7 Å². The molecule has 1 aliphatic heterocycles. The van der Waals surface area contributed by atoms with Crippen LogP contribution < -0.4 is 16.0 Å². The summed E-state index contributed by atoms with van der Waals surface area (Å²) in [5, 5.41) is 14.4. The van der Waals surface area contributed by atoms with E-state index in [0.717, 1.165) is 67.4 Å². The molecule has 204 valence electrons. The molecule has 11 heteroatoms. The molecule has 1 amide bonds. The molecule has 1 aromatic carbocycles. The molecular formula is C28H31FN6O3S. The Bertz CT molecular complexity index is 1590. The van der Waals surface area contributed by atoms with Gasteiger partial charge in [0.25, 0.3) is 0 Å². The number of aromatic nitrogens is 3. The number of halogens is 1. The van der Waals surface area contributed by atoms with E-state index >= 15 is 0 Å². The van der Waals surface area contributed by atoms with Crippen LogP contribution in [0.3, 0.4) is 0 Å². The number of fused-ring (bicyclic) bond motifs is 1. The summed E-state index contributed by atoms with van der Waals surface area (Å²) in [6, 6.07) is 7.77. The van der Waals surface area contributed by atoms with Gasteiger partial charge in [0.2, 0.25) is 5.91 Å². The number of benzene rings is 1. The predicted molar refractivity (Wildman–Crippen MR) is 147 cm³/mol. The molecule has 0 atom stereocenters. The van der Waals surface area contributed by atoms with Gasteiger partial charge in [-0.2, -0.15) is 9.61 Å². The topological polar surface area (TPSA) is 117 Å². The summed E-state index contributed by atoms with van der Waals surface area (Å²) in [7, 11) is -3.54. The Kier molecular flexibility index (Phi) is 6.62. The Morgan fingerprint density at radius 2 is 1.85 bits per heavy atom. The van der Waals surface area contributed by atoms with Gasteiger partial charge in [-0.1, -0.05) is 12.6 Å². The Morgan fingerprint density at radius 1 is 1.10 bits per heavy atom. The first-order valence-electron chi connectivity index (χ1n) is 13.3. The molecule has 2 aromatic heterocycles. The van der Waals surface area contributed by atoms with Crippen molar-refractivity contribution < 1.29 is 17.6 Å². The fourth-order valence-corrected chi connectivity index (χ4v) is 7.07.